The van der Waals surface area contributed by atoms with Crippen LogP contribution in [0.5, 0.6) is 5.75 Å². The Morgan fingerprint density at radius 3 is 2.71 bits per heavy atom. The van der Waals surface area contributed by atoms with E-state index in [0.29, 0.717) is 6.04 Å². The standard InChI is InChI=1S/C16H23BrN2O2/c1-12(2)18-10-13-5-6-15(14(17)9-13)21-11-16(20)19-7-3-4-8-19/h5-6,9,12,18H,3-4,7-8,10-11H2,1-2H3. The lowest BCUT2D eigenvalue weighted by atomic mass is 10.2. The van der Waals surface area contributed by atoms with E-state index >= 15 is 0 Å². The fourth-order valence-corrected chi connectivity index (χ4v) is 2.83. The van der Waals surface area contributed by atoms with Gasteiger partial charge in [0.25, 0.3) is 5.91 Å². The van der Waals surface area contributed by atoms with Gasteiger partial charge in [0.05, 0.1) is 4.47 Å². The molecule has 1 heterocycles. The maximum Gasteiger partial charge on any atom is 0.260 e. The van der Waals surface area contributed by atoms with Crippen LogP contribution in [0.15, 0.2) is 22.7 Å². The van der Waals surface area contributed by atoms with Crippen molar-refractivity contribution in [2.75, 3.05) is 19.7 Å². The molecule has 21 heavy (non-hydrogen) atoms. The number of carbonyl (C=O) groups excluding carboxylic acids is 1. The number of nitrogens with zero attached hydrogens (tertiary/aromatic N) is 1. The molecule has 2 rings (SSSR count). The van der Waals surface area contributed by atoms with Gasteiger partial charge < -0.3 is 15.0 Å². The summed E-state index contributed by atoms with van der Waals surface area (Å²) < 4.78 is 6.52. The number of rotatable bonds is 6. The third-order valence-electron chi connectivity index (χ3n) is 3.52. The first-order valence-corrected chi connectivity index (χ1v) is 8.28. The van der Waals surface area contributed by atoms with Crippen molar-refractivity contribution in [1.82, 2.24) is 10.2 Å². The van der Waals surface area contributed by atoms with E-state index in [1.54, 1.807) is 0 Å². The van der Waals surface area contributed by atoms with E-state index in [0.717, 1.165) is 42.7 Å². The number of halogens is 1. The predicted molar refractivity (Wildman–Crippen MR) is 87.4 cm³/mol. The van der Waals surface area contributed by atoms with Gasteiger partial charge in [-0.05, 0) is 46.5 Å². The van der Waals surface area contributed by atoms with Crippen LogP contribution in [0.3, 0.4) is 0 Å². The van der Waals surface area contributed by atoms with Crippen LogP contribution in [0, 0.1) is 0 Å². The van der Waals surface area contributed by atoms with Crippen molar-refractivity contribution in [1.29, 1.82) is 0 Å². The van der Waals surface area contributed by atoms with Gasteiger partial charge in [0.1, 0.15) is 5.75 Å². The molecule has 0 saturated carbocycles. The van der Waals surface area contributed by atoms with Gasteiger partial charge in [-0.1, -0.05) is 19.9 Å². The topological polar surface area (TPSA) is 41.6 Å². The largest absolute Gasteiger partial charge is 0.483 e. The third kappa shape index (κ3) is 5.00. The Balaban J connectivity index is 1.87. The lowest BCUT2D eigenvalue weighted by Gasteiger charge is -2.16. The van der Waals surface area contributed by atoms with Gasteiger partial charge in [-0.2, -0.15) is 0 Å². The van der Waals surface area contributed by atoms with Crippen molar-refractivity contribution in [3.8, 4) is 5.75 Å². The molecule has 5 heteroatoms. The summed E-state index contributed by atoms with van der Waals surface area (Å²) in [6.07, 6.45) is 2.21. The summed E-state index contributed by atoms with van der Waals surface area (Å²) in [6.45, 7) is 6.91. The molecule has 0 atom stereocenters. The molecule has 0 aromatic heterocycles. The number of likely N-dealkylation sites (tertiary alicyclic amines) is 1. The zero-order valence-corrected chi connectivity index (χ0v) is 14.3. The van der Waals surface area contributed by atoms with E-state index in [-0.39, 0.29) is 12.5 Å². The lowest BCUT2D eigenvalue weighted by molar-refractivity contribution is -0.132. The number of hydrogen-bond acceptors (Lipinski definition) is 3. The number of benzene rings is 1. The van der Waals surface area contributed by atoms with E-state index in [2.05, 4.69) is 35.1 Å². The zero-order chi connectivity index (χ0) is 15.2. The summed E-state index contributed by atoms with van der Waals surface area (Å²) in [5.41, 5.74) is 1.19. The van der Waals surface area contributed by atoms with Crippen LogP contribution >= 0.6 is 15.9 Å². The molecule has 0 bridgehead atoms. The molecule has 0 radical (unpaired) electrons. The molecule has 1 aromatic rings. The highest BCUT2D eigenvalue weighted by molar-refractivity contribution is 9.10. The second-order valence-electron chi connectivity index (χ2n) is 5.68. The summed E-state index contributed by atoms with van der Waals surface area (Å²) in [5.74, 6) is 0.792. The van der Waals surface area contributed by atoms with Crippen LogP contribution in [-0.2, 0) is 11.3 Å². The van der Waals surface area contributed by atoms with E-state index in [1.807, 2.05) is 23.1 Å². The van der Waals surface area contributed by atoms with Gasteiger partial charge >= 0.3 is 0 Å². The minimum atomic E-state index is 0.0740. The molecule has 1 aromatic carbocycles. The Bertz CT molecular complexity index is 485. The first-order chi connectivity index (χ1) is 10.1. The van der Waals surface area contributed by atoms with Gasteiger partial charge in [0.2, 0.25) is 0 Å². The van der Waals surface area contributed by atoms with Crippen molar-refractivity contribution in [2.45, 2.75) is 39.3 Å². The molecule has 4 nitrogen and oxygen atoms in total. The molecular formula is C16H23BrN2O2. The first kappa shape index (κ1) is 16.3. The maximum absolute atomic E-state index is 11.9. The van der Waals surface area contributed by atoms with Crippen LogP contribution in [-0.4, -0.2) is 36.5 Å². The number of ether oxygens (including phenoxy) is 1. The summed E-state index contributed by atoms with van der Waals surface area (Å²) in [5, 5.41) is 3.37. The average molecular weight is 355 g/mol. The van der Waals surface area contributed by atoms with Crippen LogP contribution in [0.25, 0.3) is 0 Å². The van der Waals surface area contributed by atoms with E-state index in [1.165, 1.54) is 5.56 Å². The lowest BCUT2D eigenvalue weighted by Crippen LogP contribution is -2.32. The Labute approximate surface area is 135 Å². The second kappa shape index (κ2) is 7.80. The second-order valence-corrected chi connectivity index (χ2v) is 6.53. The molecule has 1 amide bonds. The molecule has 0 aliphatic carbocycles. The number of amides is 1. The highest BCUT2D eigenvalue weighted by Crippen LogP contribution is 2.26. The Hall–Kier alpha value is -1.07. The summed E-state index contributed by atoms with van der Waals surface area (Å²) in [7, 11) is 0. The maximum atomic E-state index is 11.9. The van der Waals surface area contributed by atoms with Crippen LogP contribution < -0.4 is 10.1 Å². The highest BCUT2D eigenvalue weighted by Gasteiger charge is 2.18. The minimum Gasteiger partial charge on any atom is -0.483 e. The van der Waals surface area contributed by atoms with E-state index < -0.39 is 0 Å². The average Bonchev–Trinajstić information content (AvgIpc) is 2.98. The molecule has 1 aliphatic heterocycles. The van der Waals surface area contributed by atoms with Gasteiger partial charge in [-0.3, -0.25) is 4.79 Å². The van der Waals surface area contributed by atoms with Gasteiger partial charge in [0.15, 0.2) is 6.61 Å². The van der Waals surface area contributed by atoms with E-state index in [9.17, 15) is 4.79 Å². The summed E-state index contributed by atoms with van der Waals surface area (Å²) >= 11 is 3.51. The van der Waals surface area contributed by atoms with Gasteiger partial charge in [-0.15, -0.1) is 0 Å². The van der Waals surface area contributed by atoms with Crippen LogP contribution in [0.4, 0.5) is 0 Å². The van der Waals surface area contributed by atoms with Crippen molar-refractivity contribution in [3.05, 3.63) is 28.2 Å². The first-order valence-electron chi connectivity index (χ1n) is 7.48. The minimum absolute atomic E-state index is 0.0740. The molecule has 1 saturated heterocycles. The van der Waals surface area contributed by atoms with Crippen molar-refractivity contribution in [3.63, 3.8) is 0 Å². The fraction of sp³-hybridized carbons (Fsp3) is 0.562. The Kier molecular flexibility index (Phi) is 6.06. The van der Waals surface area contributed by atoms with Crippen molar-refractivity contribution < 1.29 is 9.53 Å². The quantitative estimate of drug-likeness (QED) is 0.853. The van der Waals surface area contributed by atoms with Crippen LogP contribution in [0.2, 0.25) is 0 Å². The molecule has 0 spiro atoms. The Morgan fingerprint density at radius 2 is 2.10 bits per heavy atom. The number of carbonyl (C=O) groups is 1. The van der Waals surface area contributed by atoms with E-state index in [4.69, 9.17) is 4.74 Å². The molecule has 1 fully saturated rings. The highest BCUT2D eigenvalue weighted by atomic mass is 79.9. The van der Waals surface area contributed by atoms with Crippen molar-refractivity contribution in [2.24, 2.45) is 0 Å². The SMILES string of the molecule is CC(C)NCc1ccc(OCC(=O)N2CCCC2)c(Br)c1. The smallest absolute Gasteiger partial charge is 0.260 e. The molecule has 1 aliphatic rings. The van der Waals surface area contributed by atoms with Crippen molar-refractivity contribution >= 4 is 21.8 Å². The number of hydrogen-bond donors (Lipinski definition) is 1. The summed E-state index contributed by atoms with van der Waals surface area (Å²) in [6, 6.07) is 6.43. The molecule has 0 unspecified atom stereocenters. The normalized spacial score (nSPS) is 14.8. The Morgan fingerprint density at radius 1 is 1.38 bits per heavy atom. The zero-order valence-electron chi connectivity index (χ0n) is 12.7. The summed E-state index contributed by atoms with van der Waals surface area (Å²) in [4.78, 5) is 13.8. The van der Waals surface area contributed by atoms with Crippen LogP contribution in [0.1, 0.15) is 32.3 Å². The van der Waals surface area contributed by atoms with Gasteiger partial charge in [0, 0.05) is 25.7 Å². The monoisotopic (exact) mass is 354 g/mol. The van der Waals surface area contributed by atoms with Gasteiger partial charge in [-0.25, -0.2) is 0 Å². The number of nitrogens with one attached hydrogen (secondary N) is 1. The molecule has 116 valence electrons. The fourth-order valence-electron chi connectivity index (χ4n) is 2.29. The molecular weight excluding hydrogens is 332 g/mol. The third-order valence-corrected chi connectivity index (χ3v) is 4.14. The molecule has 1 N–H and O–H groups in total. The predicted octanol–water partition coefficient (Wildman–Crippen LogP) is 2.95.